The quantitative estimate of drug-likeness (QED) is 0.778. The molecule has 0 saturated heterocycles. The Labute approximate surface area is 164 Å². The smallest absolute Gasteiger partial charge is 0.258 e. The Morgan fingerprint density at radius 1 is 1.15 bits per heavy atom. The van der Waals surface area contributed by atoms with E-state index in [2.05, 4.69) is 31.6 Å². The van der Waals surface area contributed by atoms with Crippen molar-refractivity contribution in [1.29, 1.82) is 0 Å². The molecule has 7 nitrogen and oxygen atoms in total. The zero-order valence-corrected chi connectivity index (χ0v) is 16.4. The summed E-state index contributed by atoms with van der Waals surface area (Å²) in [5.74, 6) is 0.453. The summed E-state index contributed by atoms with van der Waals surface area (Å²) in [6.45, 7) is 0. The number of amides is 2. The third kappa shape index (κ3) is 4.65. The zero-order valence-electron chi connectivity index (χ0n) is 14.8. The molecule has 2 amide bonds. The monoisotopic (exact) mass is 431 g/mol. The van der Waals surface area contributed by atoms with Crippen molar-refractivity contribution in [3.63, 3.8) is 0 Å². The SMILES string of the molecule is COc1cc(OC)cc(C(=O)NC2=NC(c3ccc(Br)cc3)CC(=O)N2)c1. The first-order valence-corrected chi connectivity index (χ1v) is 8.95. The van der Waals surface area contributed by atoms with Crippen LogP contribution in [0, 0.1) is 0 Å². The van der Waals surface area contributed by atoms with Gasteiger partial charge in [-0.15, -0.1) is 0 Å². The van der Waals surface area contributed by atoms with E-state index in [1.165, 1.54) is 14.2 Å². The minimum atomic E-state index is -0.428. The Balaban J connectivity index is 1.82. The van der Waals surface area contributed by atoms with Gasteiger partial charge in [0.05, 0.1) is 26.7 Å². The fourth-order valence-corrected chi connectivity index (χ4v) is 2.92. The number of nitrogens with one attached hydrogen (secondary N) is 2. The maximum absolute atomic E-state index is 12.6. The van der Waals surface area contributed by atoms with Crippen LogP contribution in [0.2, 0.25) is 0 Å². The first-order chi connectivity index (χ1) is 13.0. The third-order valence-corrected chi connectivity index (χ3v) is 4.55. The summed E-state index contributed by atoms with van der Waals surface area (Å²) in [5, 5.41) is 5.23. The molecule has 27 heavy (non-hydrogen) atoms. The Morgan fingerprint density at radius 3 is 2.37 bits per heavy atom. The largest absolute Gasteiger partial charge is 0.497 e. The van der Waals surface area contributed by atoms with Gasteiger partial charge in [0, 0.05) is 16.1 Å². The maximum Gasteiger partial charge on any atom is 0.258 e. The molecule has 0 bridgehead atoms. The van der Waals surface area contributed by atoms with Gasteiger partial charge < -0.3 is 9.47 Å². The van der Waals surface area contributed by atoms with E-state index in [1.54, 1.807) is 18.2 Å². The lowest BCUT2D eigenvalue weighted by atomic mass is 10.0. The number of methoxy groups -OCH3 is 2. The van der Waals surface area contributed by atoms with Gasteiger partial charge >= 0.3 is 0 Å². The number of aliphatic imine (C=N–C) groups is 1. The molecule has 140 valence electrons. The predicted octanol–water partition coefficient (Wildman–Crippen LogP) is 2.81. The van der Waals surface area contributed by atoms with Gasteiger partial charge in [-0.05, 0) is 29.8 Å². The summed E-state index contributed by atoms with van der Waals surface area (Å²) >= 11 is 3.38. The topological polar surface area (TPSA) is 89.0 Å². The fourth-order valence-electron chi connectivity index (χ4n) is 2.65. The van der Waals surface area contributed by atoms with Crippen LogP contribution < -0.4 is 20.1 Å². The molecule has 1 unspecified atom stereocenters. The predicted molar refractivity (Wildman–Crippen MR) is 104 cm³/mol. The van der Waals surface area contributed by atoms with Crippen LogP contribution in [0.5, 0.6) is 11.5 Å². The normalized spacial score (nSPS) is 16.2. The molecule has 2 aromatic carbocycles. The van der Waals surface area contributed by atoms with Crippen molar-refractivity contribution in [1.82, 2.24) is 10.6 Å². The Kier molecular flexibility index (Phi) is 5.75. The second-order valence-corrected chi connectivity index (χ2v) is 6.77. The van der Waals surface area contributed by atoms with Gasteiger partial charge in [0.15, 0.2) is 0 Å². The van der Waals surface area contributed by atoms with Crippen LogP contribution in [-0.4, -0.2) is 32.0 Å². The molecule has 0 aromatic heterocycles. The fraction of sp³-hybridized carbons (Fsp3) is 0.211. The van der Waals surface area contributed by atoms with Crippen molar-refractivity contribution in [2.24, 2.45) is 4.99 Å². The number of nitrogens with zero attached hydrogens (tertiary/aromatic N) is 1. The molecule has 0 spiro atoms. The molecule has 1 atom stereocenters. The van der Waals surface area contributed by atoms with Crippen molar-refractivity contribution >= 4 is 33.7 Å². The molecule has 0 fully saturated rings. The van der Waals surface area contributed by atoms with E-state index in [-0.39, 0.29) is 24.3 Å². The average Bonchev–Trinajstić information content (AvgIpc) is 2.67. The highest BCUT2D eigenvalue weighted by Crippen LogP contribution is 2.25. The molecule has 8 heteroatoms. The van der Waals surface area contributed by atoms with Crippen molar-refractivity contribution in [3.8, 4) is 11.5 Å². The summed E-state index contributed by atoms with van der Waals surface area (Å²) in [6, 6.07) is 12.0. The Bertz CT molecular complexity index is 874. The van der Waals surface area contributed by atoms with Gasteiger partial charge in [-0.25, -0.2) is 4.99 Å². The summed E-state index contributed by atoms with van der Waals surface area (Å²) in [5.41, 5.74) is 1.22. The van der Waals surface area contributed by atoms with Crippen LogP contribution >= 0.6 is 15.9 Å². The van der Waals surface area contributed by atoms with Crippen molar-refractivity contribution in [2.45, 2.75) is 12.5 Å². The minimum Gasteiger partial charge on any atom is -0.497 e. The van der Waals surface area contributed by atoms with E-state index < -0.39 is 5.91 Å². The van der Waals surface area contributed by atoms with E-state index in [1.807, 2.05) is 24.3 Å². The van der Waals surface area contributed by atoms with E-state index in [0.29, 0.717) is 17.1 Å². The van der Waals surface area contributed by atoms with Gasteiger partial charge in [0.1, 0.15) is 11.5 Å². The van der Waals surface area contributed by atoms with E-state index >= 15 is 0 Å². The molecule has 0 aliphatic carbocycles. The highest BCUT2D eigenvalue weighted by molar-refractivity contribution is 9.10. The van der Waals surface area contributed by atoms with E-state index in [9.17, 15) is 9.59 Å². The highest BCUT2D eigenvalue weighted by atomic mass is 79.9. The Morgan fingerprint density at radius 2 is 1.78 bits per heavy atom. The third-order valence-electron chi connectivity index (χ3n) is 4.02. The molecule has 0 radical (unpaired) electrons. The number of guanidine groups is 1. The van der Waals surface area contributed by atoms with Crippen LogP contribution in [0.1, 0.15) is 28.4 Å². The molecule has 0 saturated carbocycles. The molecule has 1 aliphatic rings. The number of hydrogen-bond donors (Lipinski definition) is 2. The average molecular weight is 432 g/mol. The van der Waals surface area contributed by atoms with Crippen LogP contribution in [0.25, 0.3) is 0 Å². The summed E-state index contributed by atoms with van der Waals surface area (Å²) < 4.78 is 11.3. The van der Waals surface area contributed by atoms with Gasteiger partial charge in [0.2, 0.25) is 11.9 Å². The molecule has 1 heterocycles. The van der Waals surface area contributed by atoms with Crippen molar-refractivity contribution in [3.05, 3.63) is 58.1 Å². The molecular formula is C19H18BrN3O4. The van der Waals surface area contributed by atoms with Crippen molar-refractivity contribution < 1.29 is 19.1 Å². The summed E-state index contributed by atoms with van der Waals surface area (Å²) in [6.07, 6.45) is 0.216. The first kappa shape index (κ1) is 18.9. The molecule has 2 aromatic rings. The van der Waals surface area contributed by atoms with Gasteiger partial charge in [0.25, 0.3) is 5.91 Å². The molecule has 1 aliphatic heterocycles. The van der Waals surface area contributed by atoms with Crippen molar-refractivity contribution in [2.75, 3.05) is 14.2 Å². The lowest BCUT2D eigenvalue weighted by Crippen LogP contribution is -2.47. The minimum absolute atomic E-state index is 0.117. The number of hydrogen-bond acceptors (Lipinski definition) is 5. The second kappa shape index (κ2) is 8.22. The maximum atomic E-state index is 12.6. The van der Waals surface area contributed by atoms with Crippen LogP contribution in [0.4, 0.5) is 0 Å². The standard InChI is InChI=1S/C19H18BrN3O4/c1-26-14-7-12(8-15(9-14)27-2)18(25)23-19-21-16(10-17(24)22-19)11-3-5-13(20)6-4-11/h3-9,16H,10H2,1-2H3,(H2,21,22,23,24,25). The summed E-state index contributed by atoms with van der Waals surface area (Å²) in [7, 11) is 3.01. The lowest BCUT2D eigenvalue weighted by molar-refractivity contribution is -0.120. The van der Waals surface area contributed by atoms with Gasteiger partial charge in [-0.1, -0.05) is 28.1 Å². The zero-order chi connectivity index (χ0) is 19.4. The molecule has 3 rings (SSSR count). The van der Waals surface area contributed by atoms with E-state index in [0.717, 1.165) is 10.0 Å². The van der Waals surface area contributed by atoms with Gasteiger partial charge in [-0.2, -0.15) is 0 Å². The number of carbonyl (C=O) groups is 2. The van der Waals surface area contributed by atoms with Crippen LogP contribution in [-0.2, 0) is 4.79 Å². The van der Waals surface area contributed by atoms with E-state index in [4.69, 9.17) is 9.47 Å². The highest BCUT2D eigenvalue weighted by Gasteiger charge is 2.24. The number of ether oxygens (including phenoxy) is 2. The first-order valence-electron chi connectivity index (χ1n) is 8.16. The summed E-state index contributed by atoms with van der Waals surface area (Å²) in [4.78, 5) is 29.1. The molecular weight excluding hydrogens is 414 g/mol. The second-order valence-electron chi connectivity index (χ2n) is 5.85. The van der Waals surface area contributed by atoms with Gasteiger partial charge in [-0.3, -0.25) is 20.2 Å². The van der Waals surface area contributed by atoms with Crippen LogP contribution in [0.15, 0.2) is 51.9 Å². The Hall–Kier alpha value is -2.87. The number of rotatable bonds is 4. The molecule has 2 N–H and O–H groups in total. The van der Waals surface area contributed by atoms with Crippen LogP contribution in [0.3, 0.4) is 0 Å². The number of benzene rings is 2. The number of halogens is 1. The number of carbonyl (C=O) groups excluding carboxylic acids is 2. The lowest BCUT2D eigenvalue weighted by Gasteiger charge is -2.21.